The van der Waals surface area contributed by atoms with Crippen LogP contribution in [0.3, 0.4) is 0 Å². The van der Waals surface area contributed by atoms with E-state index in [1.54, 1.807) is 0 Å². The zero-order valence-electron chi connectivity index (χ0n) is 11.9. The fourth-order valence-corrected chi connectivity index (χ4v) is 2.60. The molecule has 5 nitrogen and oxygen atoms in total. The number of hydrogen-bond donors (Lipinski definition) is 1. The molecule has 1 aromatic rings. The lowest BCUT2D eigenvalue weighted by atomic mass is 10.2. The lowest BCUT2D eigenvalue weighted by Gasteiger charge is -2.22. The Kier molecular flexibility index (Phi) is 3.96. The van der Waals surface area contributed by atoms with E-state index in [1.807, 2.05) is 24.0 Å². The minimum Gasteiger partial charge on any atom is -0.464 e. The number of nitrogens with one attached hydrogen (secondary N) is 1. The van der Waals surface area contributed by atoms with Crippen LogP contribution in [0.4, 0.5) is 4.79 Å². The van der Waals surface area contributed by atoms with Gasteiger partial charge in [-0.1, -0.05) is 0 Å². The van der Waals surface area contributed by atoms with Gasteiger partial charge in [0.15, 0.2) is 0 Å². The van der Waals surface area contributed by atoms with Crippen molar-refractivity contribution in [2.24, 2.45) is 0 Å². The van der Waals surface area contributed by atoms with Crippen molar-refractivity contribution in [2.45, 2.75) is 51.3 Å². The third-order valence-corrected chi connectivity index (χ3v) is 3.88. The Balaban J connectivity index is 1.54. The fourth-order valence-electron chi connectivity index (χ4n) is 2.60. The van der Waals surface area contributed by atoms with Crippen LogP contribution in [0.2, 0.25) is 0 Å². The molecule has 0 radical (unpaired) electrons. The number of carbonyl (C=O) groups is 1. The molecule has 1 saturated carbocycles. The Labute approximate surface area is 119 Å². The first-order valence-corrected chi connectivity index (χ1v) is 7.44. The van der Waals surface area contributed by atoms with E-state index in [2.05, 4.69) is 5.32 Å². The topological polar surface area (TPSA) is 54.7 Å². The van der Waals surface area contributed by atoms with Crippen LogP contribution in [0, 0.1) is 6.92 Å². The van der Waals surface area contributed by atoms with Gasteiger partial charge < -0.3 is 19.4 Å². The largest absolute Gasteiger partial charge is 0.464 e. The monoisotopic (exact) mass is 278 g/mol. The molecule has 2 fully saturated rings. The zero-order valence-corrected chi connectivity index (χ0v) is 11.9. The van der Waals surface area contributed by atoms with Crippen LogP contribution in [0.5, 0.6) is 0 Å². The maximum Gasteiger partial charge on any atom is 0.318 e. The quantitative estimate of drug-likeness (QED) is 0.900. The second-order valence-corrected chi connectivity index (χ2v) is 5.69. The summed E-state index contributed by atoms with van der Waals surface area (Å²) < 4.78 is 11.1. The fraction of sp³-hybridized carbons (Fsp3) is 0.667. The van der Waals surface area contributed by atoms with Crippen LogP contribution >= 0.6 is 0 Å². The molecule has 1 aliphatic heterocycles. The highest BCUT2D eigenvalue weighted by molar-refractivity contribution is 5.74. The molecule has 1 aromatic heterocycles. The summed E-state index contributed by atoms with van der Waals surface area (Å²) in [6.45, 7) is 3.90. The molecule has 1 atom stereocenters. The third-order valence-electron chi connectivity index (χ3n) is 3.88. The summed E-state index contributed by atoms with van der Waals surface area (Å²) in [5.41, 5.74) is 0. The smallest absolute Gasteiger partial charge is 0.318 e. The van der Waals surface area contributed by atoms with Crippen molar-refractivity contribution in [3.8, 4) is 0 Å². The number of carbonyl (C=O) groups excluding carboxylic acids is 1. The van der Waals surface area contributed by atoms with Gasteiger partial charge in [-0.05, 0) is 44.7 Å². The van der Waals surface area contributed by atoms with Gasteiger partial charge in [0.2, 0.25) is 0 Å². The highest BCUT2D eigenvalue weighted by atomic mass is 16.5. The van der Waals surface area contributed by atoms with E-state index in [-0.39, 0.29) is 12.1 Å². The summed E-state index contributed by atoms with van der Waals surface area (Å²) in [6.07, 6.45) is 4.51. The number of hydrogen-bond acceptors (Lipinski definition) is 3. The van der Waals surface area contributed by atoms with Crippen LogP contribution in [0.15, 0.2) is 16.5 Å². The van der Waals surface area contributed by atoms with Crippen molar-refractivity contribution in [1.29, 1.82) is 0 Å². The highest BCUT2D eigenvalue weighted by Crippen LogP contribution is 2.28. The zero-order chi connectivity index (χ0) is 13.9. The molecule has 0 bridgehead atoms. The van der Waals surface area contributed by atoms with E-state index in [1.165, 1.54) is 0 Å². The van der Waals surface area contributed by atoms with Gasteiger partial charge in [0.05, 0.1) is 12.6 Å². The van der Waals surface area contributed by atoms with Crippen LogP contribution in [-0.2, 0) is 11.3 Å². The van der Waals surface area contributed by atoms with Gasteiger partial charge >= 0.3 is 6.03 Å². The minimum absolute atomic E-state index is 0.00273. The maximum absolute atomic E-state index is 12.3. The Bertz CT molecular complexity index is 461. The van der Waals surface area contributed by atoms with Crippen molar-refractivity contribution in [3.05, 3.63) is 23.7 Å². The Morgan fingerprint density at radius 3 is 2.85 bits per heavy atom. The molecule has 1 unspecified atom stereocenters. The van der Waals surface area contributed by atoms with E-state index in [9.17, 15) is 4.79 Å². The van der Waals surface area contributed by atoms with Gasteiger partial charge in [-0.2, -0.15) is 0 Å². The number of amides is 2. The first-order valence-electron chi connectivity index (χ1n) is 7.44. The van der Waals surface area contributed by atoms with E-state index in [0.29, 0.717) is 19.1 Å². The SMILES string of the molecule is Cc1ccc(CN(C(=O)NCC2CCCO2)C2CC2)o1. The van der Waals surface area contributed by atoms with Crippen molar-refractivity contribution >= 4 is 6.03 Å². The summed E-state index contributed by atoms with van der Waals surface area (Å²) in [7, 11) is 0. The molecule has 5 heteroatoms. The number of furan rings is 1. The lowest BCUT2D eigenvalue weighted by Crippen LogP contribution is -2.43. The highest BCUT2D eigenvalue weighted by Gasteiger charge is 2.33. The minimum atomic E-state index is -0.00273. The van der Waals surface area contributed by atoms with Crippen LogP contribution in [0.25, 0.3) is 0 Å². The van der Waals surface area contributed by atoms with Crippen molar-refractivity contribution < 1.29 is 13.9 Å². The summed E-state index contributed by atoms with van der Waals surface area (Å²) in [5, 5.41) is 2.99. The van der Waals surface area contributed by atoms with Crippen molar-refractivity contribution in [3.63, 3.8) is 0 Å². The predicted molar refractivity (Wildman–Crippen MR) is 74.4 cm³/mol. The molecule has 2 heterocycles. The molecule has 1 aliphatic carbocycles. The average molecular weight is 278 g/mol. The predicted octanol–water partition coefficient (Wildman–Crippen LogP) is 2.44. The van der Waals surface area contributed by atoms with Gasteiger partial charge in [0.25, 0.3) is 0 Å². The summed E-state index contributed by atoms with van der Waals surface area (Å²) in [6, 6.07) is 4.24. The summed E-state index contributed by atoms with van der Waals surface area (Å²) in [4.78, 5) is 14.2. The first kappa shape index (κ1) is 13.5. The molecule has 2 aliphatic rings. The van der Waals surface area contributed by atoms with E-state index >= 15 is 0 Å². The normalized spacial score (nSPS) is 21.9. The van der Waals surface area contributed by atoms with Gasteiger partial charge in [-0.3, -0.25) is 0 Å². The first-order chi connectivity index (χ1) is 9.72. The second-order valence-electron chi connectivity index (χ2n) is 5.69. The molecular weight excluding hydrogens is 256 g/mol. The second kappa shape index (κ2) is 5.87. The van der Waals surface area contributed by atoms with Crippen LogP contribution in [0.1, 0.15) is 37.2 Å². The van der Waals surface area contributed by atoms with E-state index in [4.69, 9.17) is 9.15 Å². The number of rotatable bonds is 5. The number of ether oxygens (including phenoxy) is 1. The molecular formula is C15H22N2O3. The van der Waals surface area contributed by atoms with Crippen LogP contribution < -0.4 is 5.32 Å². The molecule has 1 N–H and O–H groups in total. The Hall–Kier alpha value is -1.49. The molecule has 110 valence electrons. The average Bonchev–Trinajstić information content (AvgIpc) is 2.97. The summed E-state index contributed by atoms with van der Waals surface area (Å²) in [5.74, 6) is 1.73. The molecule has 3 rings (SSSR count). The van der Waals surface area contributed by atoms with Gasteiger partial charge in [-0.15, -0.1) is 0 Å². The molecule has 1 saturated heterocycles. The third kappa shape index (κ3) is 3.33. The molecule has 2 amide bonds. The lowest BCUT2D eigenvalue weighted by molar-refractivity contribution is 0.108. The molecule has 0 spiro atoms. The number of aryl methyl sites for hydroxylation is 1. The van der Waals surface area contributed by atoms with Crippen molar-refractivity contribution in [2.75, 3.05) is 13.2 Å². The standard InChI is InChI=1S/C15H22N2O3/c1-11-4-7-14(20-11)10-17(12-5-6-12)15(18)16-9-13-3-2-8-19-13/h4,7,12-13H,2-3,5-6,8-10H2,1H3,(H,16,18). The molecule has 20 heavy (non-hydrogen) atoms. The van der Waals surface area contributed by atoms with Crippen LogP contribution in [-0.4, -0.2) is 36.2 Å². The van der Waals surface area contributed by atoms with Gasteiger partial charge in [0, 0.05) is 19.2 Å². The van der Waals surface area contributed by atoms with E-state index in [0.717, 1.165) is 43.8 Å². The van der Waals surface area contributed by atoms with E-state index < -0.39 is 0 Å². The van der Waals surface area contributed by atoms with Crippen molar-refractivity contribution in [1.82, 2.24) is 10.2 Å². The number of nitrogens with zero attached hydrogens (tertiary/aromatic N) is 1. The number of urea groups is 1. The maximum atomic E-state index is 12.3. The molecule has 0 aromatic carbocycles. The van der Waals surface area contributed by atoms with Gasteiger partial charge in [0.1, 0.15) is 11.5 Å². The Morgan fingerprint density at radius 1 is 1.40 bits per heavy atom. The summed E-state index contributed by atoms with van der Waals surface area (Å²) >= 11 is 0. The van der Waals surface area contributed by atoms with Gasteiger partial charge in [-0.25, -0.2) is 4.79 Å². The Morgan fingerprint density at radius 2 is 2.25 bits per heavy atom.